The fourth-order valence-corrected chi connectivity index (χ4v) is 8.12. The predicted molar refractivity (Wildman–Crippen MR) is 218 cm³/mol. The molecule has 0 aromatic heterocycles. The number of rotatable bonds is 11. The van der Waals surface area contributed by atoms with Crippen LogP contribution in [0.3, 0.4) is 0 Å². The van der Waals surface area contributed by atoms with Crippen LogP contribution in [0.1, 0.15) is 58.1 Å². The van der Waals surface area contributed by atoms with Gasteiger partial charge in [0, 0.05) is 0 Å². The van der Waals surface area contributed by atoms with Crippen molar-refractivity contribution in [2.75, 3.05) is 0 Å². The summed E-state index contributed by atoms with van der Waals surface area (Å²) in [5.74, 6) is 1.09. The number of hydrogen-bond donors (Lipinski definition) is 0. The van der Waals surface area contributed by atoms with Gasteiger partial charge in [-0.25, -0.2) is 0 Å². The highest BCUT2D eigenvalue weighted by Gasteiger charge is 2.23. The van der Waals surface area contributed by atoms with Crippen LogP contribution >= 0.6 is 0 Å². The van der Waals surface area contributed by atoms with Gasteiger partial charge in [-0.15, -0.1) is 0 Å². The molecule has 0 fully saturated rings. The monoisotopic (exact) mass is 656 g/mol. The molecule has 3 unspecified atom stereocenters. The lowest BCUT2D eigenvalue weighted by atomic mass is 9.77. The Balaban J connectivity index is 1.04. The highest BCUT2D eigenvalue weighted by molar-refractivity contribution is 5.87. The second-order valence-electron chi connectivity index (χ2n) is 14.1. The van der Waals surface area contributed by atoms with Crippen molar-refractivity contribution in [1.82, 2.24) is 0 Å². The molecule has 0 saturated heterocycles. The van der Waals surface area contributed by atoms with E-state index in [-0.39, 0.29) is 0 Å². The molecule has 248 valence electrons. The Bertz CT molecular complexity index is 2320. The van der Waals surface area contributed by atoms with E-state index < -0.39 is 0 Å². The standard InChI is InChI=1S/C51H44/c1-37(51(36-39-16-6-3-7-17-39)50-25-13-21-45-19-9-11-23-48(45)50)41-30-32-43(33-31-41)42-28-26-40(27-29-42)35-46(34-38-14-4-2-5-15-38)49-24-12-20-44-18-8-10-22-47(44)49/h2-33,37,46,51H,34-36H2,1H3. The van der Waals surface area contributed by atoms with Gasteiger partial charge in [-0.2, -0.15) is 0 Å². The first-order valence-electron chi connectivity index (χ1n) is 18.4. The minimum atomic E-state index is 0.350. The van der Waals surface area contributed by atoms with Crippen molar-refractivity contribution in [2.45, 2.75) is 43.9 Å². The Morgan fingerprint density at radius 3 is 1.37 bits per heavy atom. The number of fused-ring (bicyclic) bond motifs is 2. The lowest BCUT2D eigenvalue weighted by Gasteiger charge is -2.27. The summed E-state index contributed by atoms with van der Waals surface area (Å²) in [5, 5.41) is 5.33. The zero-order valence-electron chi connectivity index (χ0n) is 29.3. The molecule has 0 bridgehead atoms. The zero-order valence-corrected chi connectivity index (χ0v) is 29.3. The van der Waals surface area contributed by atoms with Gasteiger partial charge in [-0.05, 0) is 103 Å². The minimum Gasteiger partial charge on any atom is -0.0622 e. The van der Waals surface area contributed by atoms with E-state index in [0.717, 1.165) is 19.3 Å². The molecule has 0 aliphatic heterocycles. The lowest BCUT2D eigenvalue weighted by molar-refractivity contribution is 0.576. The minimum absolute atomic E-state index is 0.350. The van der Waals surface area contributed by atoms with Gasteiger partial charge in [0.25, 0.3) is 0 Å². The second-order valence-corrected chi connectivity index (χ2v) is 14.1. The quantitative estimate of drug-likeness (QED) is 0.130. The average Bonchev–Trinajstić information content (AvgIpc) is 3.20. The molecule has 8 aromatic rings. The third-order valence-electron chi connectivity index (χ3n) is 10.9. The first kappa shape index (κ1) is 32.5. The van der Waals surface area contributed by atoms with Gasteiger partial charge in [0.1, 0.15) is 0 Å². The Morgan fingerprint density at radius 1 is 0.353 bits per heavy atom. The Kier molecular flexibility index (Phi) is 9.57. The fourth-order valence-electron chi connectivity index (χ4n) is 8.12. The molecule has 8 rings (SSSR count). The van der Waals surface area contributed by atoms with E-state index in [9.17, 15) is 0 Å². The van der Waals surface area contributed by atoms with Crippen molar-refractivity contribution in [3.8, 4) is 11.1 Å². The topological polar surface area (TPSA) is 0 Å². The fraction of sp³-hybridized carbons (Fsp3) is 0.137. The number of benzene rings is 8. The van der Waals surface area contributed by atoms with Gasteiger partial charge >= 0.3 is 0 Å². The Hall–Kier alpha value is -5.72. The summed E-state index contributed by atoms with van der Waals surface area (Å²) in [4.78, 5) is 0. The maximum Gasteiger partial charge on any atom is -0.00491 e. The van der Waals surface area contributed by atoms with Crippen molar-refractivity contribution < 1.29 is 0 Å². The van der Waals surface area contributed by atoms with E-state index in [1.165, 1.54) is 66.1 Å². The van der Waals surface area contributed by atoms with Crippen LogP contribution in [-0.2, 0) is 19.3 Å². The van der Waals surface area contributed by atoms with Gasteiger partial charge in [0.05, 0.1) is 0 Å². The highest BCUT2D eigenvalue weighted by Crippen LogP contribution is 2.39. The molecule has 3 atom stereocenters. The third kappa shape index (κ3) is 7.28. The maximum absolute atomic E-state index is 2.40. The molecule has 0 aliphatic rings. The number of hydrogen-bond acceptors (Lipinski definition) is 0. The molecular formula is C51H44. The van der Waals surface area contributed by atoms with Gasteiger partial charge in [0.15, 0.2) is 0 Å². The maximum atomic E-state index is 2.40. The highest BCUT2D eigenvalue weighted by atomic mass is 14.3. The molecule has 0 heteroatoms. The van der Waals surface area contributed by atoms with Crippen LogP contribution in [0.5, 0.6) is 0 Å². The molecule has 0 aliphatic carbocycles. The summed E-state index contributed by atoms with van der Waals surface area (Å²) in [6, 6.07) is 71.8. The molecule has 0 heterocycles. The molecule has 0 saturated carbocycles. The average molecular weight is 657 g/mol. The smallest absolute Gasteiger partial charge is 0.00491 e. The van der Waals surface area contributed by atoms with E-state index in [2.05, 4.69) is 201 Å². The van der Waals surface area contributed by atoms with Gasteiger partial charge in [-0.1, -0.05) is 201 Å². The van der Waals surface area contributed by atoms with Crippen LogP contribution in [-0.4, -0.2) is 0 Å². The Labute approximate surface area is 303 Å². The summed E-state index contributed by atoms with van der Waals surface area (Å²) in [7, 11) is 0. The Morgan fingerprint density at radius 2 is 0.784 bits per heavy atom. The van der Waals surface area contributed by atoms with E-state index >= 15 is 0 Å². The zero-order chi connectivity index (χ0) is 34.4. The van der Waals surface area contributed by atoms with Crippen LogP contribution in [0.15, 0.2) is 194 Å². The van der Waals surface area contributed by atoms with Gasteiger partial charge < -0.3 is 0 Å². The van der Waals surface area contributed by atoms with Crippen molar-refractivity contribution in [3.63, 3.8) is 0 Å². The molecule has 0 spiro atoms. The summed E-state index contributed by atoms with van der Waals surface area (Å²) in [6.07, 6.45) is 3.01. The van der Waals surface area contributed by atoms with Gasteiger partial charge in [0.2, 0.25) is 0 Å². The van der Waals surface area contributed by atoms with Crippen LogP contribution < -0.4 is 0 Å². The molecule has 8 aromatic carbocycles. The van der Waals surface area contributed by atoms with Crippen LogP contribution in [0.4, 0.5) is 0 Å². The van der Waals surface area contributed by atoms with Crippen molar-refractivity contribution in [2.24, 2.45) is 0 Å². The predicted octanol–water partition coefficient (Wildman–Crippen LogP) is 13.4. The molecule has 0 nitrogen and oxygen atoms in total. The van der Waals surface area contributed by atoms with Crippen LogP contribution in [0.25, 0.3) is 32.7 Å². The summed E-state index contributed by atoms with van der Waals surface area (Å²) < 4.78 is 0. The van der Waals surface area contributed by atoms with Crippen LogP contribution in [0, 0.1) is 0 Å². The first-order valence-corrected chi connectivity index (χ1v) is 18.4. The molecule has 0 amide bonds. The second kappa shape index (κ2) is 15.0. The van der Waals surface area contributed by atoms with E-state index in [1.54, 1.807) is 0 Å². The lowest BCUT2D eigenvalue weighted by Crippen LogP contribution is -2.12. The van der Waals surface area contributed by atoms with Crippen LogP contribution in [0.2, 0.25) is 0 Å². The largest absolute Gasteiger partial charge is 0.0622 e. The van der Waals surface area contributed by atoms with Crippen molar-refractivity contribution in [1.29, 1.82) is 0 Å². The van der Waals surface area contributed by atoms with E-state index in [1.807, 2.05) is 0 Å². The van der Waals surface area contributed by atoms with E-state index in [0.29, 0.717) is 17.8 Å². The first-order chi connectivity index (χ1) is 25.2. The molecular weight excluding hydrogens is 613 g/mol. The summed E-state index contributed by atoms with van der Waals surface area (Å²) >= 11 is 0. The SMILES string of the molecule is CC(c1ccc(-c2ccc(CC(Cc3ccccc3)c3cccc4ccccc34)cc2)cc1)C(Cc1ccccc1)c1cccc2ccccc12. The van der Waals surface area contributed by atoms with E-state index in [4.69, 9.17) is 0 Å². The molecule has 0 radical (unpaired) electrons. The van der Waals surface area contributed by atoms with Gasteiger partial charge in [-0.3, -0.25) is 0 Å². The van der Waals surface area contributed by atoms with Crippen molar-refractivity contribution >= 4 is 21.5 Å². The summed E-state index contributed by atoms with van der Waals surface area (Å²) in [5.41, 5.74) is 10.9. The third-order valence-corrected chi connectivity index (χ3v) is 10.9. The molecule has 51 heavy (non-hydrogen) atoms. The van der Waals surface area contributed by atoms with Crippen molar-refractivity contribution in [3.05, 3.63) is 228 Å². The normalized spacial score (nSPS) is 13.2. The molecule has 0 N–H and O–H groups in total. The summed E-state index contributed by atoms with van der Waals surface area (Å²) in [6.45, 7) is 2.40.